The summed E-state index contributed by atoms with van der Waals surface area (Å²) in [6.07, 6.45) is 1.91. The number of urea groups is 1. The number of hydrogen-bond donors (Lipinski definition) is 2. The molecule has 2 aromatic rings. The predicted octanol–water partition coefficient (Wildman–Crippen LogP) is 1.32. The third-order valence-corrected chi connectivity index (χ3v) is 5.91. The lowest BCUT2D eigenvalue weighted by Gasteiger charge is -2.36. The molecule has 4 rings (SSSR count). The molecule has 2 amide bonds. The molecule has 0 bridgehead atoms. The number of aliphatic hydroxyl groups excluding tert-OH is 1. The van der Waals surface area contributed by atoms with E-state index in [1.807, 2.05) is 17.5 Å². The molecule has 4 heterocycles. The normalized spacial score (nSPS) is 20.8. The molecule has 26 heavy (non-hydrogen) atoms. The van der Waals surface area contributed by atoms with E-state index in [4.69, 9.17) is 4.74 Å². The minimum atomic E-state index is -0.586. The number of ether oxygens (including phenoxy) is 1. The number of amides is 2. The summed E-state index contributed by atoms with van der Waals surface area (Å²) >= 11 is 1.52. The van der Waals surface area contributed by atoms with Gasteiger partial charge in [-0.1, -0.05) is 6.07 Å². The van der Waals surface area contributed by atoms with Crippen LogP contribution in [0.15, 0.2) is 17.5 Å². The summed E-state index contributed by atoms with van der Waals surface area (Å²) in [4.78, 5) is 15.4. The van der Waals surface area contributed by atoms with Gasteiger partial charge in [-0.15, -0.1) is 21.5 Å². The van der Waals surface area contributed by atoms with E-state index in [0.29, 0.717) is 32.7 Å². The predicted molar refractivity (Wildman–Crippen MR) is 95.8 cm³/mol. The van der Waals surface area contributed by atoms with Crippen LogP contribution >= 0.6 is 11.3 Å². The molecule has 1 fully saturated rings. The Hall–Kier alpha value is -1.97. The maximum atomic E-state index is 12.7. The highest BCUT2D eigenvalue weighted by atomic mass is 32.1. The van der Waals surface area contributed by atoms with Crippen molar-refractivity contribution in [2.45, 2.75) is 44.5 Å². The number of fused-ring (bicyclic) bond motifs is 1. The smallest absolute Gasteiger partial charge is 0.318 e. The fraction of sp³-hybridized carbons (Fsp3) is 0.588. The van der Waals surface area contributed by atoms with Crippen LogP contribution in [0.2, 0.25) is 0 Å². The van der Waals surface area contributed by atoms with Crippen LogP contribution in [0.25, 0.3) is 0 Å². The highest BCUT2D eigenvalue weighted by molar-refractivity contribution is 7.10. The van der Waals surface area contributed by atoms with Crippen LogP contribution in [0.3, 0.4) is 0 Å². The van der Waals surface area contributed by atoms with Gasteiger partial charge in [0.1, 0.15) is 5.82 Å². The van der Waals surface area contributed by atoms with Crippen LogP contribution in [0.1, 0.15) is 35.5 Å². The first kappa shape index (κ1) is 17.4. The van der Waals surface area contributed by atoms with Crippen LogP contribution in [-0.2, 0) is 24.2 Å². The summed E-state index contributed by atoms with van der Waals surface area (Å²) in [6, 6.07) is 3.54. The van der Waals surface area contributed by atoms with Crippen molar-refractivity contribution in [2.24, 2.45) is 0 Å². The van der Waals surface area contributed by atoms with Gasteiger partial charge in [-0.2, -0.15) is 0 Å². The van der Waals surface area contributed by atoms with Gasteiger partial charge in [0.15, 0.2) is 5.82 Å². The molecule has 9 heteroatoms. The van der Waals surface area contributed by atoms with Crippen molar-refractivity contribution < 1.29 is 14.6 Å². The molecule has 0 aliphatic carbocycles. The maximum absolute atomic E-state index is 12.7. The number of carbonyl (C=O) groups is 1. The second kappa shape index (κ2) is 7.73. The summed E-state index contributed by atoms with van der Waals surface area (Å²) in [5.41, 5.74) is 0. The number of hydrogen-bond acceptors (Lipinski definition) is 6. The molecule has 8 nitrogen and oxygen atoms in total. The SMILES string of the molecule is O=C(NCc1nnc2n1CCC2)N1CCOC[C@H]1C[C@@H](O)c1cccs1. The lowest BCUT2D eigenvalue weighted by molar-refractivity contribution is -0.00658. The zero-order valence-corrected chi connectivity index (χ0v) is 15.3. The number of thiophene rings is 1. The van der Waals surface area contributed by atoms with E-state index in [1.165, 1.54) is 11.3 Å². The zero-order chi connectivity index (χ0) is 17.9. The van der Waals surface area contributed by atoms with Crippen LogP contribution < -0.4 is 5.32 Å². The van der Waals surface area contributed by atoms with E-state index in [-0.39, 0.29) is 12.1 Å². The number of aryl methyl sites for hydroxylation is 1. The molecule has 0 aromatic carbocycles. The molecule has 2 aromatic heterocycles. The van der Waals surface area contributed by atoms with E-state index in [2.05, 4.69) is 20.1 Å². The average Bonchev–Trinajstić information content (AvgIpc) is 3.38. The largest absolute Gasteiger partial charge is 0.387 e. The molecule has 140 valence electrons. The summed E-state index contributed by atoms with van der Waals surface area (Å²) in [7, 11) is 0. The van der Waals surface area contributed by atoms with Gasteiger partial charge in [-0.25, -0.2) is 4.79 Å². The monoisotopic (exact) mass is 377 g/mol. The van der Waals surface area contributed by atoms with E-state index >= 15 is 0 Å². The lowest BCUT2D eigenvalue weighted by Crippen LogP contribution is -2.52. The van der Waals surface area contributed by atoms with Gasteiger partial charge >= 0.3 is 6.03 Å². The summed E-state index contributed by atoms with van der Waals surface area (Å²) < 4.78 is 7.62. The van der Waals surface area contributed by atoms with Gasteiger partial charge in [0.05, 0.1) is 31.9 Å². The highest BCUT2D eigenvalue weighted by Gasteiger charge is 2.30. The van der Waals surface area contributed by atoms with Crippen molar-refractivity contribution >= 4 is 17.4 Å². The van der Waals surface area contributed by atoms with Crippen molar-refractivity contribution in [1.82, 2.24) is 25.0 Å². The van der Waals surface area contributed by atoms with Crippen LogP contribution in [0.4, 0.5) is 4.79 Å². The molecule has 2 N–H and O–H groups in total. The standard InChI is InChI=1S/C17H23N5O3S/c23-13(14-3-2-8-26-14)9-12-11-25-7-6-21(12)17(24)18-10-16-20-19-15-4-1-5-22(15)16/h2-3,8,12-13,23H,1,4-7,9-11H2,(H,18,24)/t12-,13-/m1/s1. The minimum absolute atomic E-state index is 0.146. The first-order chi connectivity index (χ1) is 12.7. The average molecular weight is 377 g/mol. The third kappa shape index (κ3) is 3.60. The number of morpholine rings is 1. The fourth-order valence-electron chi connectivity index (χ4n) is 3.57. The van der Waals surface area contributed by atoms with Crippen molar-refractivity contribution in [2.75, 3.05) is 19.8 Å². The molecular formula is C17H23N5O3S. The Labute approximate surface area is 155 Å². The fourth-order valence-corrected chi connectivity index (χ4v) is 4.29. The molecule has 0 spiro atoms. The van der Waals surface area contributed by atoms with Crippen LogP contribution in [-0.4, -0.2) is 56.6 Å². The van der Waals surface area contributed by atoms with E-state index in [1.54, 1.807) is 4.90 Å². The van der Waals surface area contributed by atoms with Gasteiger partial charge in [0.2, 0.25) is 0 Å². The van der Waals surface area contributed by atoms with Gasteiger partial charge < -0.3 is 24.6 Å². The quantitative estimate of drug-likeness (QED) is 0.820. The first-order valence-electron chi connectivity index (χ1n) is 8.97. The molecular weight excluding hydrogens is 354 g/mol. The maximum Gasteiger partial charge on any atom is 0.318 e. The van der Waals surface area contributed by atoms with Gasteiger partial charge in [-0.3, -0.25) is 0 Å². The molecule has 2 aliphatic heterocycles. The zero-order valence-electron chi connectivity index (χ0n) is 14.5. The topological polar surface area (TPSA) is 92.5 Å². The Balaban J connectivity index is 1.36. The highest BCUT2D eigenvalue weighted by Crippen LogP contribution is 2.26. The molecule has 2 atom stereocenters. The molecule has 2 aliphatic rings. The van der Waals surface area contributed by atoms with Crippen molar-refractivity contribution in [3.05, 3.63) is 34.0 Å². The molecule has 1 saturated heterocycles. The number of aromatic nitrogens is 3. The van der Waals surface area contributed by atoms with E-state index in [0.717, 1.165) is 35.9 Å². The Morgan fingerprint density at radius 1 is 1.46 bits per heavy atom. The second-order valence-corrected chi connectivity index (χ2v) is 7.61. The van der Waals surface area contributed by atoms with E-state index in [9.17, 15) is 9.90 Å². The Morgan fingerprint density at radius 3 is 3.23 bits per heavy atom. The Kier molecular flexibility index (Phi) is 5.18. The number of nitrogens with zero attached hydrogens (tertiary/aromatic N) is 4. The minimum Gasteiger partial charge on any atom is -0.387 e. The number of aliphatic hydroxyl groups is 1. The van der Waals surface area contributed by atoms with Crippen LogP contribution in [0.5, 0.6) is 0 Å². The number of rotatable bonds is 5. The van der Waals surface area contributed by atoms with E-state index < -0.39 is 6.10 Å². The lowest BCUT2D eigenvalue weighted by atomic mass is 10.1. The van der Waals surface area contributed by atoms with Crippen molar-refractivity contribution in [1.29, 1.82) is 0 Å². The molecule has 0 radical (unpaired) electrons. The summed E-state index contributed by atoms with van der Waals surface area (Å²) in [5, 5.41) is 23.7. The molecule has 0 unspecified atom stereocenters. The number of carbonyl (C=O) groups excluding carboxylic acids is 1. The Morgan fingerprint density at radius 2 is 2.38 bits per heavy atom. The Bertz CT molecular complexity index is 748. The number of nitrogens with one attached hydrogen (secondary N) is 1. The van der Waals surface area contributed by atoms with Crippen LogP contribution in [0, 0.1) is 0 Å². The van der Waals surface area contributed by atoms with Gasteiger partial charge in [0, 0.05) is 30.8 Å². The molecule has 0 saturated carbocycles. The van der Waals surface area contributed by atoms with Crippen molar-refractivity contribution in [3.8, 4) is 0 Å². The summed E-state index contributed by atoms with van der Waals surface area (Å²) in [5.74, 6) is 1.80. The summed E-state index contributed by atoms with van der Waals surface area (Å²) in [6.45, 7) is 2.76. The van der Waals surface area contributed by atoms with Gasteiger partial charge in [-0.05, 0) is 17.9 Å². The van der Waals surface area contributed by atoms with Gasteiger partial charge in [0.25, 0.3) is 0 Å². The first-order valence-corrected chi connectivity index (χ1v) is 9.85. The van der Waals surface area contributed by atoms with Crippen molar-refractivity contribution in [3.63, 3.8) is 0 Å². The second-order valence-electron chi connectivity index (χ2n) is 6.64. The third-order valence-electron chi connectivity index (χ3n) is 4.94.